The van der Waals surface area contributed by atoms with E-state index in [4.69, 9.17) is 11.6 Å². The highest BCUT2D eigenvalue weighted by molar-refractivity contribution is 9.10. The fourth-order valence-electron chi connectivity index (χ4n) is 1.91. The molecule has 0 saturated heterocycles. The van der Waals surface area contributed by atoms with Crippen LogP contribution in [0.2, 0.25) is 5.02 Å². The van der Waals surface area contributed by atoms with Gasteiger partial charge in [-0.3, -0.25) is 4.79 Å². The first-order valence-corrected chi connectivity index (χ1v) is 7.36. The normalized spacial score (nSPS) is 10.4. The molecule has 19 heavy (non-hydrogen) atoms. The maximum Gasteiger partial charge on any atom is 0.162 e. The molecule has 0 N–H and O–H groups in total. The van der Waals surface area contributed by atoms with Gasteiger partial charge in [-0.25, -0.2) is 0 Å². The van der Waals surface area contributed by atoms with Crippen molar-refractivity contribution in [1.82, 2.24) is 0 Å². The van der Waals surface area contributed by atoms with Crippen LogP contribution in [0.5, 0.6) is 0 Å². The molecule has 3 heteroatoms. The Morgan fingerprint density at radius 3 is 2.53 bits per heavy atom. The number of rotatable bonds is 5. The van der Waals surface area contributed by atoms with Gasteiger partial charge in [0.15, 0.2) is 5.78 Å². The van der Waals surface area contributed by atoms with Gasteiger partial charge in [-0.15, -0.1) is 0 Å². The number of carbonyl (C=O) groups excluding carboxylic acids is 1. The third-order valence-electron chi connectivity index (χ3n) is 2.95. The van der Waals surface area contributed by atoms with E-state index >= 15 is 0 Å². The topological polar surface area (TPSA) is 17.1 Å². The molecule has 0 spiro atoms. The Hall–Kier alpha value is -1.12. The zero-order valence-electron chi connectivity index (χ0n) is 10.4. The number of hydrogen-bond donors (Lipinski definition) is 0. The third-order valence-corrected chi connectivity index (χ3v) is 4.19. The van der Waals surface area contributed by atoms with Gasteiger partial charge in [0.1, 0.15) is 0 Å². The highest BCUT2D eigenvalue weighted by Gasteiger charge is 2.07. The first-order valence-electron chi connectivity index (χ1n) is 6.19. The molecule has 0 heterocycles. The Morgan fingerprint density at radius 1 is 1.11 bits per heavy atom. The van der Waals surface area contributed by atoms with Gasteiger partial charge in [-0.1, -0.05) is 48.0 Å². The molecule has 98 valence electrons. The molecule has 0 bridgehead atoms. The largest absolute Gasteiger partial charge is 0.294 e. The predicted octanol–water partition coefficient (Wildman–Crippen LogP) is 5.31. The molecule has 2 aromatic rings. The van der Waals surface area contributed by atoms with E-state index in [0.717, 1.165) is 17.3 Å². The first-order chi connectivity index (χ1) is 9.16. The maximum absolute atomic E-state index is 12.0. The highest BCUT2D eigenvalue weighted by Crippen LogP contribution is 2.24. The summed E-state index contributed by atoms with van der Waals surface area (Å²) >= 11 is 9.31. The number of Topliss-reactive ketones (excluding diaryl/α,β-unsaturated/α-hetero) is 1. The second-order valence-electron chi connectivity index (χ2n) is 4.39. The maximum atomic E-state index is 12.0. The Morgan fingerprint density at radius 2 is 1.84 bits per heavy atom. The van der Waals surface area contributed by atoms with Gasteiger partial charge in [0, 0.05) is 16.5 Å². The summed E-state index contributed by atoms with van der Waals surface area (Å²) < 4.78 is 0.815. The molecule has 0 unspecified atom stereocenters. The number of carbonyl (C=O) groups is 1. The summed E-state index contributed by atoms with van der Waals surface area (Å²) in [5.41, 5.74) is 1.95. The van der Waals surface area contributed by atoms with Crippen molar-refractivity contribution in [3.8, 4) is 0 Å². The van der Waals surface area contributed by atoms with Crippen LogP contribution in [0.3, 0.4) is 0 Å². The average molecular weight is 338 g/mol. The summed E-state index contributed by atoms with van der Waals surface area (Å²) in [7, 11) is 0. The number of benzene rings is 2. The molecule has 0 aliphatic heterocycles. The highest BCUT2D eigenvalue weighted by atomic mass is 79.9. The van der Waals surface area contributed by atoms with Crippen LogP contribution in [0.25, 0.3) is 0 Å². The fourth-order valence-corrected chi connectivity index (χ4v) is 2.34. The van der Waals surface area contributed by atoms with Crippen LogP contribution in [0.4, 0.5) is 0 Å². The van der Waals surface area contributed by atoms with Gasteiger partial charge in [0.2, 0.25) is 0 Å². The summed E-state index contributed by atoms with van der Waals surface area (Å²) in [4.78, 5) is 12.0. The van der Waals surface area contributed by atoms with Crippen molar-refractivity contribution in [2.45, 2.75) is 19.3 Å². The van der Waals surface area contributed by atoms with E-state index in [1.54, 1.807) is 12.1 Å². The van der Waals surface area contributed by atoms with E-state index in [0.29, 0.717) is 17.0 Å². The monoisotopic (exact) mass is 336 g/mol. The van der Waals surface area contributed by atoms with Crippen molar-refractivity contribution in [1.29, 1.82) is 0 Å². The van der Waals surface area contributed by atoms with E-state index in [2.05, 4.69) is 28.1 Å². The standard InChI is InChI=1S/C16H14BrClO/c17-14-10-9-13(11-15(14)18)16(19)8-4-7-12-5-2-1-3-6-12/h1-3,5-6,9-11H,4,7-8H2. The van der Waals surface area contributed by atoms with Crippen molar-refractivity contribution in [2.24, 2.45) is 0 Å². The number of aryl methyl sites for hydroxylation is 1. The molecule has 1 nitrogen and oxygen atoms in total. The van der Waals surface area contributed by atoms with Gasteiger partial charge >= 0.3 is 0 Å². The van der Waals surface area contributed by atoms with E-state index in [-0.39, 0.29) is 5.78 Å². The summed E-state index contributed by atoms with van der Waals surface area (Å²) in [6, 6.07) is 15.5. The van der Waals surface area contributed by atoms with Crippen LogP contribution >= 0.6 is 27.5 Å². The van der Waals surface area contributed by atoms with Gasteiger partial charge in [-0.2, -0.15) is 0 Å². The van der Waals surface area contributed by atoms with Crippen molar-refractivity contribution in [3.05, 3.63) is 69.2 Å². The van der Waals surface area contributed by atoms with Gasteiger partial charge in [0.25, 0.3) is 0 Å². The number of ketones is 1. The van der Waals surface area contributed by atoms with Crippen molar-refractivity contribution >= 4 is 33.3 Å². The molecule has 0 amide bonds. The Kier molecular flexibility index (Phi) is 5.17. The lowest BCUT2D eigenvalue weighted by Gasteiger charge is -2.03. The van der Waals surface area contributed by atoms with Crippen LogP contribution in [-0.2, 0) is 6.42 Å². The first kappa shape index (κ1) is 14.3. The van der Waals surface area contributed by atoms with Crippen LogP contribution < -0.4 is 0 Å². The summed E-state index contributed by atoms with van der Waals surface area (Å²) in [6.45, 7) is 0. The van der Waals surface area contributed by atoms with Crippen molar-refractivity contribution in [3.63, 3.8) is 0 Å². The molecule has 0 aliphatic carbocycles. The minimum atomic E-state index is 0.144. The third kappa shape index (κ3) is 4.19. The zero-order valence-corrected chi connectivity index (χ0v) is 12.7. The smallest absolute Gasteiger partial charge is 0.162 e. The van der Waals surface area contributed by atoms with Crippen LogP contribution in [0.1, 0.15) is 28.8 Å². The lowest BCUT2D eigenvalue weighted by Crippen LogP contribution is -2.00. The van der Waals surface area contributed by atoms with Crippen LogP contribution in [-0.4, -0.2) is 5.78 Å². The van der Waals surface area contributed by atoms with Crippen molar-refractivity contribution < 1.29 is 4.79 Å². The SMILES string of the molecule is O=C(CCCc1ccccc1)c1ccc(Br)c(Cl)c1. The molecule has 0 atom stereocenters. The molecule has 0 fully saturated rings. The molecule has 0 saturated carbocycles. The second kappa shape index (κ2) is 6.88. The summed E-state index contributed by atoms with van der Waals surface area (Å²) in [5.74, 6) is 0.144. The molecular formula is C16H14BrClO. The Labute approximate surface area is 126 Å². The fraction of sp³-hybridized carbons (Fsp3) is 0.188. The lowest BCUT2D eigenvalue weighted by atomic mass is 10.0. The van der Waals surface area contributed by atoms with Gasteiger partial charge < -0.3 is 0 Å². The van der Waals surface area contributed by atoms with Crippen LogP contribution in [0.15, 0.2) is 53.0 Å². The van der Waals surface area contributed by atoms with E-state index in [9.17, 15) is 4.79 Å². The van der Waals surface area contributed by atoms with Crippen LogP contribution in [0, 0.1) is 0 Å². The Balaban J connectivity index is 1.89. The van der Waals surface area contributed by atoms with E-state index in [1.807, 2.05) is 24.3 Å². The molecule has 2 rings (SSSR count). The number of halogens is 2. The molecule has 0 radical (unpaired) electrons. The summed E-state index contributed by atoms with van der Waals surface area (Å²) in [5, 5.41) is 0.578. The minimum Gasteiger partial charge on any atom is -0.294 e. The molecular weight excluding hydrogens is 324 g/mol. The second-order valence-corrected chi connectivity index (χ2v) is 5.65. The Bertz CT molecular complexity index is 566. The molecule has 0 aliphatic rings. The quantitative estimate of drug-likeness (QED) is 0.676. The minimum absolute atomic E-state index is 0.144. The van der Waals surface area contributed by atoms with Gasteiger partial charge in [-0.05, 0) is 46.5 Å². The average Bonchev–Trinajstić information content (AvgIpc) is 2.43. The molecule has 2 aromatic carbocycles. The van der Waals surface area contributed by atoms with Crippen molar-refractivity contribution in [2.75, 3.05) is 0 Å². The number of hydrogen-bond acceptors (Lipinski definition) is 1. The summed E-state index contributed by atoms with van der Waals surface area (Å²) in [6.07, 6.45) is 2.33. The lowest BCUT2D eigenvalue weighted by molar-refractivity contribution is 0.0980. The van der Waals surface area contributed by atoms with Gasteiger partial charge in [0.05, 0.1) is 5.02 Å². The zero-order chi connectivity index (χ0) is 13.7. The van der Waals surface area contributed by atoms with E-state index in [1.165, 1.54) is 5.56 Å². The predicted molar refractivity (Wildman–Crippen MR) is 82.9 cm³/mol. The molecule has 0 aromatic heterocycles. The van der Waals surface area contributed by atoms with E-state index < -0.39 is 0 Å².